The first-order chi connectivity index (χ1) is 16.1. The molecule has 8 heteroatoms. The van der Waals surface area contributed by atoms with Crippen molar-refractivity contribution in [3.63, 3.8) is 0 Å². The van der Waals surface area contributed by atoms with Gasteiger partial charge in [-0.25, -0.2) is 8.42 Å². The number of anilines is 2. The first-order valence-electron chi connectivity index (χ1n) is 10.9. The predicted octanol–water partition coefficient (Wildman–Crippen LogP) is 4.03. The highest BCUT2D eigenvalue weighted by molar-refractivity contribution is 7.92. The Balaban J connectivity index is 1.81. The second-order valence-electron chi connectivity index (χ2n) is 8.21. The zero-order valence-corrected chi connectivity index (χ0v) is 20.5. The average molecular weight is 480 g/mol. The fourth-order valence-electron chi connectivity index (χ4n) is 3.57. The van der Waals surface area contributed by atoms with Crippen LogP contribution in [-0.2, 0) is 21.4 Å². The summed E-state index contributed by atoms with van der Waals surface area (Å²) in [4.78, 5) is 25.9. The van der Waals surface area contributed by atoms with Gasteiger partial charge >= 0.3 is 0 Å². The number of carbonyl (C=O) groups excluding carboxylic acids is 2. The van der Waals surface area contributed by atoms with Crippen LogP contribution >= 0.6 is 0 Å². The molecule has 2 amide bonds. The van der Waals surface area contributed by atoms with Crippen molar-refractivity contribution in [3.05, 3.63) is 95.1 Å². The third-order valence-corrected chi connectivity index (χ3v) is 6.80. The summed E-state index contributed by atoms with van der Waals surface area (Å²) in [6.07, 6.45) is 1.07. The fraction of sp³-hybridized carbons (Fsp3) is 0.231. The van der Waals surface area contributed by atoms with E-state index in [1.807, 2.05) is 50.2 Å². The zero-order valence-electron chi connectivity index (χ0n) is 19.7. The van der Waals surface area contributed by atoms with Crippen molar-refractivity contribution in [1.82, 2.24) is 5.32 Å². The Bertz CT molecular complexity index is 1290. The lowest BCUT2D eigenvalue weighted by Gasteiger charge is -2.29. The minimum atomic E-state index is -3.76. The molecule has 0 saturated heterocycles. The lowest BCUT2D eigenvalue weighted by atomic mass is 10.1. The molecule has 0 aliphatic carbocycles. The first-order valence-corrected chi connectivity index (χ1v) is 12.7. The maximum Gasteiger partial charge on any atom is 0.253 e. The van der Waals surface area contributed by atoms with Gasteiger partial charge in [0, 0.05) is 6.54 Å². The quantitative estimate of drug-likeness (QED) is 0.510. The highest BCUT2D eigenvalue weighted by atomic mass is 32.2. The van der Waals surface area contributed by atoms with Crippen LogP contribution in [0.15, 0.2) is 72.8 Å². The van der Waals surface area contributed by atoms with Crippen LogP contribution in [0.5, 0.6) is 0 Å². The van der Waals surface area contributed by atoms with Gasteiger partial charge in [-0.05, 0) is 61.7 Å². The lowest BCUT2D eigenvalue weighted by Crippen LogP contribution is -2.45. The van der Waals surface area contributed by atoms with E-state index in [9.17, 15) is 18.0 Å². The van der Waals surface area contributed by atoms with Crippen molar-refractivity contribution in [2.24, 2.45) is 0 Å². The van der Waals surface area contributed by atoms with Crippen LogP contribution in [0.4, 0.5) is 11.4 Å². The van der Waals surface area contributed by atoms with Gasteiger partial charge in [0.15, 0.2) is 0 Å². The van der Waals surface area contributed by atoms with Crippen molar-refractivity contribution in [1.29, 1.82) is 0 Å². The largest absolute Gasteiger partial charge is 0.348 e. The van der Waals surface area contributed by atoms with Gasteiger partial charge < -0.3 is 10.6 Å². The minimum Gasteiger partial charge on any atom is -0.348 e. The Labute approximate surface area is 200 Å². The number of nitrogens with one attached hydrogen (secondary N) is 2. The number of sulfonamides is 1. The summed E-state index contributed by atoms with van der Waals surface area (Å²) in [6.45, 7) is 5.67. The number of rotatable bonds is 8. The van der Waals surface area contributed by atoms with Crippen molar-refractivity contribution < 1.29 is 18.0 Å². The second kappa shape index (κ2) is 10.5. The van der Waals surface area contributed by atoms with Crippen LogP contribution in [0.1, 0.15) is 34.0 Å². The molecular weight excluding hydrogens is 450 g/mol. The zero-order chi connectivity index (χ0) is 24.9. The van der Waals surface area contributed by atoms with Crippen LogP contribution in [0.25, 0.3) is 0 Å². The second-order valence-corrected chi connectivity index (χ2v) is 10.1. The summed E-state index contributed by atoms with van der Waals surface area (Å²) in [6, 6.07) is 20.3. The normalized spacial score (nSPS) is 12.0. The van der Waals surface area contributed by atoms with Gasteiger partial charge in [0.25, 0.3) is 5.91 Å². The van der Waals surface area contributed by atoms with Gasteiger partial charge in [-0.15, -0.1) is 0 Å². The Morgan fingerprint density at radius 2 is 1.56 bits per heavy atom. The Morgan fingerprint density at radius 1 is 0.912 bits per heavy atom. The van der Waals surface area contributed by atoms with E-state index in [1.54, 1.807) is 36.4 Å². The molecule has 178 valence electrons. The molecule has 0 spiro atoms. The van der Waals surface area contributed by atoms with E-state index >= 15 is 0 Å². The summed E-state index contributed by atoms with van der Waals surface area (Å²) in [5.41, 5.74) is 3.88. The topological polar surface area (TPSA) is 95.6 Å². The van der Waals surface area contributed by atoms with Crippen molar-refractivity contribution in [2.75, 3.05) is 15.9 Å². The summed E-state index contributed by atoms with van der Waals surface area (Å²) >= 11 is 0. The average Bonchev–Trinajstić information content (AvgIpc) is 2.80. The molecule has 0 fully saturated rings. The maximum atomic E-state index is 13.1. The van der Waals surface area contributed by atoms with Crippen molar-refractivity contribution in [3.8, 4) is 0 Å². The van der Waals surface area contributed by atoms with E-state index in [-0.39, 0.29) is 11.5 Å². The van der Waals surface area contributed by atoms with Crippen LogP contribution in [0.2, 0.25) is 0 Å². The molecule has 1 atom stereocenters. The Hall–Kier alpha value is -3.65. The maximum absolute atomic E-state index is 13.1. The third kappa shape index (κ3) is 6.02. The van der Waals surface area contributed by atoms with E-state index in [0.29, 0.717) is 17.9 Å². The molecule has 0 aliphatic heterocycles. The summed E-state index contributed by atoms with van der Waals surface area (Å²) in [5.74, 6) is -0.895. The van der Waals surface area contributed by atoms with Gasteiger partial charge in [0.1, 0.15) is 6.04 Å². The molecule has 34 heavy (non-hydrogen) atoms. The SMILES string of the molecule is Cc1ccc(N([C@@H](C)C(=O)Nc2ccccc2C(=O)NCc2ccccc2)S(C)(=O)=O)cc1C. The molecule has 2 N–H and O–H groups in total. The Morgan fingerprint density at radius 3 is 2.21 bits per heavy atom. The molecule has 0 unspecified atom stereocenters. The monoisotopic (exact) mass is 479 g/mol. The molecule has 3 rings (SSSR count). The number of para-hydroxylation sites is 1. The number of carbonyl (C=O) groups is 2. The lowest BCUT2D eigenvalue weighted by molar-refractivity contribution is -0.116. The van der Waals surface area contributed by atoms with E-state index in [0.717, 1.165) is 27.3 Å². The standard InChI is InChI=1S/C26H29N3O4S/c1-18-14-15-22(16-19(18)2)29(34(4,32)33)20(3)25(30)28-24-13-9-8-12-23(24)26(31)27-17-21-10-6-5-7-11-21/h5-16,20H,17H2,1-4H3,(H,27,31)(H,28,30)/t20-/m0/s1. The highest BCUT2D eigenvalue weighted by Gasteiger charge is 2.30. The molecule has 0 saturated carbocycles. The number of benzene rings is 3. The predicted molar refractivity (Wildman–Crippen MR) is 135 cm³/mol. The minimum absolute atomic E-state index is 0.288. The van der Waals surface area contributed by atoms with E-state index in [1.165, 1.54) is 6.92 Å². The Kier molecular flexibility index (Phi) is 7.73. The molecule has 0 radical (unpaired) electrons. The first kappa shape index (κ1) is 25.0. The number of hydrogen-bond donors (Lipinski definition) is 2. The van der Waals surface area contributed by atoms with Gasteiger partial charge in [0.05, 0.1) is 23.2 Å². The molecule has 0 bridgehead atoms. The molecule has 3 aromatic carbocycles. The van der Waals surface area contributed by atoms with Crippen molar-refractivity contribution in [2.45, 2.75) is 33.4 Å². The van der Waals surface area contributed by atoms with E-state index in [4.69, 9.17) is 0 Å². The number of nitrogens with zero attached hydrogens (tertiary/aromatic N) is 1. The number of hydrogen-bond acceptors (Lipinski definition) is 4. The molecule has 3 aromatic rings. The van der Waals surface area contributed by atoms with Crippen LogP contribution in [0.3, 0.4) is 0 Å². The van der Waals surface area contributed by atoms with Crippen LogP contribution in [-0.4, -0.2) is 32.5 Å². The molecular formula is C26H29N3O4S. The van der Waals surface area contributed by atoms with Crippen molar-refractivity contribution >= 4 is 33.2 Å². The highest BCUT2D eigenvalue weighted by Crippen LogP contribution is 2.25. The molecule has 0 aromatic heterocycles. The molecule has 0 heterocycles. The van der Waals surface area contributed by atoms with Crippen LogP contribution < -0.4 is 14.9 Å². The van der Waals surface area contributed by atoms with Gasteiger partial charge in [-0.3, -0.25) is 13.9 Å². The van der Waals surface area contributed by atoms with Gasteiger partial charge in [-0.1, -0.05) is 48.5 Å². The van der Waals surface area contributed by atoms with Gasteiger partial charge in [0.2, 0.25) is 15.9 Å². The summed E-state index contributed by atoms with van der Waals surface area (Å²) < 4.78 is 26.3. The third-order valence-electron chi connectivity index (χ3n) is 5.56. The molecule has 0 aliphatic rings. The number of aryl methyl sites for hydroxylation is 2. The van der Waals surface area contributed by atoms with Crippen LogP contribution in [0, 0.1) is 13.8 Å². The van der Waals surface area contributed by atoms with Gasteiger partial charge in [-0.2, -0.15) is 0 Å². The van der Waals surface area contributed by atoms with E-state index in [2.05, 4.69) is 10.6 Å². The van der Waals surface area contributed by atoms with E-state index < -0.39 is 22.0 Å². The number of amides is 2. The smallest absolute Gasteiger partial charge is 0.253 e. The summed E-state index contributed by atoms with van der Waals surface area (Å²) in [7, 11) is -3.76. The molecule has 7 nitrogen and oxygen atoms in total. The fourth-order valence-corrected chi connectivity index (χ4v) is 4.74. The summed E-state index contributed by atoms with van der Waals surface area (Å²) in [5, 5.41) is 5.58.